The third-order valence-electron chi connectivity index (χ3n) is 5.30. The number of hydrogen-bond acceptors (Lipinski definition) is 2. The van der Waals surface area contributed by atoms with Crippen LogP contribution in [0.25, 0.3) is 0 Å². The summed E-state index contributed by atoms with van der Waals surface area (Å²) < 4.78 is 89.8. The number of alkyl halides is 6. The first-order valence-corrected chi connectivity index (χ1v) is 9.78. The SMILES string of the molecule is C=C[C@H]1CCO[C@H](OCCc2cc(C(F)(F)F)cc(C(F)(F)F)c2)[C@H]1c1ccccc1. The molecule has 1 fully saturated rings. The van der Waals surface area contributed by atoms with Gasteiger partial charge in [-0.1, -0.05) is 36.4 Å². The van der Waals surface area contributed by atoms with E-state index in [1.54, 1.807) is 0 Å². The normalized spacial score (nSPS) is 22.3. The highest BCUT2D eigenvalue weighted by atomic mass is 19.4. The maximum atomic E-state index is 13.0. The van der Waals surface area contributed by atoms with Gasteiger partial charge in [0.15, 0.2) is 6.29 Å². The Morgan fingerprint density at radius 3 is 2.13 bits per heavy atom. The van der Waals surface area contributed by atoms with Crippen molar-refractivity contribution >= 4 is 0 Å². The van der Waals surface area contributed by atoms with E-state index in [-0.39, 0.29) is 36.5 Å². The van der Waals surface area contributed by atoms with Crippen LogP contribution in [0.15, 0.2) is 61.2 Å². The molecule has 1 aliphatic heterocycles. The molecule has 0 unspecified atom stereocenters. The number of halogens is 6. The van der Waals surface area contributed by atoms with Crippen LogP contribution in [0, 0.1) is 5.92 Å². The second-order valence-electron chi connectivity index (χ2n) is 7.40. The van der Waals surface area contributed by atoms with Crippen LogP contribution in [-0.2, 0) is 28.2 Å². The molecule has 2 nitrogen and oxygen atoms in total. The molecule has 2 aromatic rings. The molecule has 0 aromatic heterocycles. The fourth-order valence-electron chi connectivity index (χ4n) is 3.76. The minimum atomic E-state index is -4.88. The monoisotopic (exact) mass is 444 g/mol. The standard InChI is InChI=1S/C23H22F6O2/c1-2-16-9-11-31-21(20(16)17-6-4-3-5-7-17)30-10-8-15-12-18(22(24,25)26)14-19(13-15)23(27,28)29/h2-7,12-14,16,20-21H,1,8-11H2/t16-,20+,21-/m0/s1. The Bertz CT molecular complexity index is 844. The van der Waals surface area contributed by atoms with Crippen LogP contribution in [0.4, 0.5) is 26.3 Å². The van der Waals surface area contributed by atoms with E-state index in [2.05, 4.69) is 6.58 Å². The first-order valence-electron chi connectivity index (χ1n) is 9.78. The summed E-state index contributed by atoms with van der Waals surface area (Å²) >= 11 is 0. The van der Waals surface area contributed by atoms with Crippen molar-refractivity contribution in [3.63, 3.8) is 0 Å². The lowest BCUT2D eigenvalue weighted by Crippen LogP contribution is -2.36. The fraction of sp³-hybridized carbons (Fsp3) is 0.391. The molecule has 8 heteroatoms. The summed E-state index contributed by atoms with van der Waals surface area (Å²) in [6, 6.07) is 11.0. The van der Waals surface area contributed by atoms with Gasteiger partial charge in [0.25, 0.3) is 0 Å². The fourth-order valence-corrected chi connectivity index (χ4v) is 3.76. The average molecular weight is 444 g/mol. The van der Waals surface area contributed by atoms with Crippen LogP contribution in [-0.4, -0.2) is 19.5 Å². The van der Waals surface area contributed by atoms with E-state index >= 15 is 0 Å². The van der Waals surface area contributed by atoms with E-state index in [0.717, 1.165) is 24.1 Å². The van der Waals surface area contributed by atoms with Crippen molar-refractivity contribution in [2.24, 2.45) is 5.92 Å². The summed E-state index contributed by atoms with van der Waals surface area (Å²) in [5.74, 6) is -0.0914. The lowest BCUT2D eigenvalue weighted by atomic mass is 9.82. The van der Waals surface area contributed by atoms with E-state index in [1.165, 1.54) is 0 Å². The summed E-state index contributed by atoms with van der Waals surface area (Å²) in [6.07, 6.45) is -7.98. The molecule has 0 aliphatic carbocycles. The van der Waals surface area contributed by atoms with Crippen molar-refractivity contribution in [2.75, 3.05) is 13.2 Å². The van der Waals surface area contributed by atoms with Crippen LogP contribution in [0.2, 0.25) is 0 Å². The maximum absolute atomic E-state index is 13.0. The second kappa shape index (κ2) is 9.44. The zero-order chi connectivity index (χ0) is 22.6. The molecule has 0 radical (unpaired) electrons. The Morgan fingerprint density at radius 1 is 0.968 bits per heavy atom. The minimum absolute atomic E-state index is 0.0755. The Hall–Kier alpha value is -2.32. The van der Waals surface area contributed by atoms with Gasteiger partial charge in [-0.3, -0.25) is 0 Å². The summed E-state index contributed by atoms with van der Waals surface area (Å²) in [5.41, 5.74) is -1.80. The molecule has 168 valence electrons. The van der Waals surface area contributed by atoms with E-state index in [0.29, 0.717) is 6.61 Å². The van der Waals surface area contributed by atoms with Crippen molar-refractivity contribution in [3.05, 3.63) is 83.4 Å². The van der Waals surface area contributed by atoms with Gasteiger partial charge in [0, 0.05) is 5.92 Å². The molecular weight excluding hydrogens is 422 g/mol. The van der Waals surface area contributed by atoms with Crippen LogP contribution >= 0.6 is 0 Å². The van der Waals surface area contributed by atoms with Crippen LogP contribution in [0.5, 0.6) is 0 Å². The highest BCUT2D eigenvalue weighted by Gasteiger charge is 2.37. The molecule has 3 atom stereocenters. The number of rotatable bonds is 6. The van der Waals surface area contributed by atoms with Crippen molar-refractivity contribution in [1.29, 1.82) is 0 Å². The first-order chi connectivity index (χ1) is 14.6. The predicted octanol–water partition coefficient (Wildman–Crippen LogP) is 6.62. The highest BCUT2D eigenvalue weighted by Crippen LogP contribution is 2.38. The lowest BCUT2D eigenvalue weighted by Gasteiger charge is -2.37. The number of ether oxygens (including phenoxy) is 2. The summed E-state index contributed by atoms with van der Waals surface area (Å²) in [4.78, 5) is 0. The van der Waals surface area contributed by atoms with Crippen LogP contribution in [0.3, 0.4) is 0 Å². The van der Waals surface area contributed by atoms with Gasteiger partial charge in [0.1, 0.15) is 0 Å². The van der Waals surface area contributed by atoms with E-state index in [4.69, 9.17) is 9.47 Å². The zero-order valence-corrected chi connectivity index (χ0v) is 16.5. The molecule has 0 bridgehead atoms. The quantitative estimate of drug-likeness (QED) is 0.369. The van der Waals surface area contributed by atoms with Gasteiger partial charge in [-0.15, -0.1) is 6.58 Å². The number of hydrogen-bond donors (Lipinski definition) is 0. The van der Waals surface area contributed by atoms with E-state index in [1.807, 2.05) is 36.4 Å². The van der Waals surface area contributed by atoms with Crippen LogP contribution in [0.1, 0.15) is 34.6 Å². The van der Waals surface area contributed by atoms with Crippen molar-refractivity contribution in [3.8, 4) is 0 Å². The van der Waals surface area contributed by atoms with Gasteiger partial charge in [0.2, 0.25) is 0 Å². The van der Waals surface area contributed by atoms with E-state index < -0.39 is 29.8 Å². The van der Waals surface area contributed by atoms with Gasteiger partial charge in [0.05, 0.1) is 24.3 Å². The second-order valence-corrected chi connectivity index (χ2v) is 7.40. The molecule has 1 saturated heterocycles. The molecular formula is C23H22F6O2. The Balaban J connectivity index is 1.76. The molecule has 31 heavy (non-hydrogen) atoms. The number of allylic oxidation sites excluding steroid dienone is 1. The van der Waals surface area contributed by atoms with Gasteiger partial charge >= 0.3 is 12.4 Å². The lowest BCUT2D eigenvalue weighted by molar-refractivity contribution is -0.182. The van der Waals surface area contributed by atoms with Gasteiger partial charge in [-0.25, -0.2) is 0 Å². The molecule has 2 aromatic carbocycles. The van der Waals surface area contributed by atoms with Gasteiger partial charge in [-0.05, 0) is 48.1 Å². The van der Waals surface area contributed by atoms with E-state index in [9.17, 15) is 26.3 Å². The van der Waals surface area contributed by atoms with Crippen molar-refractivity contribution < 1.29 is 35.8 Å². The Kier molecular flexibility index (Phi) is 7.11. The van der Waals surface area contributed by atoms with Crippen LogP contribution < -0.4 is 0 Å². The van der Waals surface area contributed by atoms with Crippen molar-refractivity contribution in [2.45, 2.75) is 37.4 Å². The summed E-state index contributed by atoms with van der Waals surface area (Å²) in [7, 11) is 0. The average Bonchev–Trinajstić information content (AvgIpc) is 2.72. The predicted molar refractivity (Wildman–Crippen MR) is 103 cm³/mol. The molecule has 3 rings (SSSR count). The zero-order valence-electron chi connectivity index (χ0n) is 16.5. The largest absolute Gasteiger partial charge is 0.416 e. The number of benzene rings is 2. The third-order valence-corrected chi connectivity index (χ3v) is 5.30. The molecule has 0 spiro atoms. The molecule has 1 aliphatic rings. The molecule has 0 amide bonds. The topological polar surface area (TPSA) is 18.5 Å². The highest BCUT2D eigenvalue weighted by molar-refractivity contribution is 5.33. The molecule has 0 N–H and O–H groups in total. The van der Waals surface area contributed by atoms with Crippen molar-refractivity contribution in [1.82, 2.24) is 0 Å². The Labute approximate surface area is 176 Å². The first kappa shape index (κ1) is 23.3. The van der Waals surface area contributed by atoms with Gasteiger partial charge in [-0.2, -0.15) is 26.3 Å². The minimum Gasteiger partial charge on any atom is -0.352 e. The smallest absolute Gasteiger partial charge is 0.352 e. The third kappa shape index (κ3) is 5.89. The summed E-state index contributed by atoms with van der Waals surface area (Å²) in [6.45, 7) is 4.20. The summed E-state index contributed by atoms with van der Waals surface area (Å²) in [5, 5.41) is 0. The van der Waals surface area contributed by atoms with Gasteiger partial charge < -0.3 is 9.47 Å². The Morgan fingerprint density at radius 2 is 1.58 bits per heavy atom. The maximum Gasteiger partial charge on any atom is 0.416 e. The molecule has 0 saturated carbocycles. The molecule has 1 heterocycles.